The van der Waals surface area contributed by atoms with Crippen molar-refractivity contribution < 1.29 is 9.59 Å². The minimum absolute atomic E-state index is 0.206. The highest BCUT2D eigenvalue weighted by atomic mass is 32.1. The first-order valence-corrected chi connectivity index (χ1v) is 9.96. The van der Waals surface area contributed by atoms with Crippen LogP contribution in [-0.4, -0.2) is 30.1 Å². The van der Waals surface area contributed by atoms with Crippen LogP contribution in [0.15, 0.2) is 65.1 Å². The van der Waals surface area contributed by atoms with Crippen molar-refractivity contribution in [2.24, 2.45) is 10.8 Å². The number of thiophene rings is 1. The molecule has 6 nitrogen and oxygen atoms in total. The van der Waals surface area contributed by atoms with Crippen LogP contribution < -0.4 is 16.1 Å². The van der Waals surface area contributed by atoms with Gasteiger partial charge in [-0.2, -0.15) is 5.10 Å². The number of hydrogen-bond donors (Lipinski definition) is 2. The minimum Gasteiger partial charge on any atom is -0.368 e. The number of nitrogens with one attached hydrogen (secondary N) is 1. The minimum atomic E-state index is -0.649. The summed E-state index contributed by atoms with van der Waals surface area (Å²) in [6.07, 6.45) is 0.947. The van der Waals surface area contributed by atoms with E-state index in [0.29, 0.717) is 12.3 Å². The van der Waals surface area contributed by atoms with Crippen LogP contribution in [0, 0.1) is 0 Å². The molecule has 3 N–H and O–H groups in total. The van der Waals surface area contributed by atoms with Gasteiger partial charge in [0.15, 0.2) is 0 Å². The van der Waals surface area contributed by atoms with Crippen molar-refractivity contribution in [1.29, 1.82) is 0 Å². The fraction of sp³-hybridized carbons (Fsp3) is 0.190. The average molecular weight is 392 g/mol. The molecule has 0 fully saturated rings. The number of fused-ring (bicyclic) bond motifs is 1. The van der Waals surface area contributed by atoms with Gasteiger partial charge in [0, 0.05) is 17.7 Å². The van der Waals surface area contributed by atoms with Crippen LogP contribution in [0.2, 0.25) is 0 Å². The topological polar surface area (TPSA) is 87.8 Å². The van der Waals surface area contributed by atoms with Gasteiger partial charge in [-0.25, -0.2) is 0 Å². The molecular formula is C21H20N4O2S. The fourth-order valence-corrected chi connectivity index (χ4v) is 4.32. The molecule has 0 bridgehead atoms. The second kappa shape index (κ2) is 7.82. The smallest absolute Gasteiger partial charge is 0.267 e. The van der Waals surface area contributed by atoms with Gasteiger partial charge in [0.1, 0.15) is 11.8 Å². The van der Waals surface area contributed by atoms with Crippen LogP contribution in [0.5, 0.6) is 0 Å². The van der Waals surface area contributed by atoms with E-state index in [1.165, 1.54) is 20.7 Å². The summed E-state index contributed by atoms with van der Waals surface area (Å²) in [5, 5.41) is 12.2. The van der Waals surface area contributed by atoms with Crippen LogP contribution in [0.4, 0.5) is 5.69 Å². The number of amides is 2. The molecule has 0 saturated heterocycles. The molecule has 1 atom stereocenters. The number of anilines is 1. The molecule has 7 heteroatoms. The first kappa shape index (κ1) is 18.2. The van der Waals surface area contributed by atoms with Crippen LogP contribution in [0.1, 0.15) is 12.0 Å². The van der Waals surface area contributed by atoms with Gasteiger partial charge in [0.2, 0.25) is 5.91 Å². The lowest BCUT2D eigenvalue weighted by Crippen LogP contribution is -2.40. The van der Waals surface area contributed by atoms with Gasteiger partial charge in [-0.1, -0.05) is 36.4 Å². The first-order valence-electron chi connectivity index (χ1n) is 9.08. The van der Waals surface area contributed by atoms with Crippen molar-refractivity contribution in [1.82, 2.24) is 5.32 Å². The molecule has 2 heterocycles. The van der Waals surface area contributed by atoms with Gasteiger partial charge in [-0.05, 0) is 40.9 Å². The Morgan fingerprint density at radius 1 is 1.14 bits per heavy atom. The Bertz CT molecular complexity index is 1040. The molecule has 1 aliphatic rings. The Balaban J connectivity index is 1.42. The highest BCUT2D eigenvalue weighted by molar-refractivity contribution is 7.17. The molecule has 4 rings (SSSR count). The van der Waals surface area contributed by atoms with Crippen LogP contribution in [0.3, 0.4) is 0 Å². The standard InChI is InChI=1S/C21H20N4O2S/c22-20(26)18-12-17(24-25(18)15-6-2-1-3-7-15)21(27)23-11-10-14-13-28-19-9-5-4-8-16(14)19/h1-9,13,18H,10-12H2,(H2,22,26)(H,23,27). The molecule has 1 unspecified atom stereocenters. The number of nitrogens with two attached hydrogens (primary N) is 1. The molecule has 2 aromatic carbocycles. The summed E-state index contributed by atoms with van der Waals surface area (Å²) >= 11 is 1.71. The number of para-hydroxylation sites is 1. The number of primary amides is 1. The first-order chi connectivity index (χ1) is 13.6. The summed E-state index contributed by atoms with van der Waals surface area (Å²) < 4.78 is 1.24. The van der Waals surface area contributed by atoms with Crippen molar-refractivity contribution in [3.05, 3.63) is 65.5 Å². The molecule has 0 aliphatic carbocycles. The maximum absolute atomic E-state index is 12.6. The Labute approximate surface area is 166 Å². The maximum Gasteiger partial charge on any atom is 0.267 e. The summed E-state index contributed by atoms with van der Waals surface area (Å²) in [6.45, 7) is 0.505. The number of hydrogen-bond acceptors (Lipinski definition) is 5. The quantitative estimate of drug-likeness (QED) is 0.676. The van der Waals surface area contributed by atoms with Crippen molar-refractivity contribution in [2.45, 2.75) is 18.9 Å². The van der Waals surface area contributed by atoms with Crippen molar-refractivity contribution in [2.75, 3.05) is 11.6 Å². The molecule has 2 amide bonds. The number of hydrazone groups is 1. The summed E-state index contributed by atoms with van der Waals surface area (Å²) in [7, 11) is 0. The maximum atomic E-state index is 12.6. The van der Waals surface area contributed by atoms with Crippen LogP contribution >= 0.6 is 11.3 Å². The molecule has 28 heavy (non-hydrogen) atoms. The molecular weight excluding hydrogens is 372 g/mol. The van der Waals surface area contributed by atoms with Crippen molar-refractivity contribution >= 4 is 44.6 Å². The third kappa shape index (κ3) is 3.61. The Morgan fingerprint density at radius 3 is 2.68 bits per heavy atom. The second-order valence-corrected chi connectivity index (χ2v) is 7.52. The zero-order valence-electron chi connectivity index (χ0n) is 15.2. The van der Waals surface area contributed by atoms with Gasteiger partial charge in [-0.15, -0.1) is 11.3 Å². The molecule has 1 aliphatic heterocycles. The summed E-state index contributed by atoms with van der Waals surface area (Å²) in [6, 6.07) is 16.8. The lowest BCUT2D eigenvalue weighted by molar-refractivity contribution is -0.119. The van der Waals surface area contributed by atoms with E-state index >= 15 is 0 Å². The third-order valence-corrected chi connectivity index (χ3v) is 5.77. The van der Waals surface area contributed by atoms with Gasteiger partial charge >= 0.3 is 0 Å². The summed E-state index contributed by atoms with van der Waals surface area (Å²) in [5.74, 6) is -0.760. The zero-order chi connectivity index (χ0) is 19.5. The predicted octanol–water partition coefficient (Wildman–Crippen LogP) is 2.68. The van der Waals surface area contributed by atoms with Gasteiger partial charge in [0.05, 0.1) is 5.69 Å². The van der Waals surface area contributed by atoms with E-state index in [2.05, 4.69) is 27.9 Å². The molecule has 0 saturated carbocycles. The average Bonchev–Trinajstić information content (AvgIpc) is 3.34. The van der Waals surface area contributed by atoms with E-state index in [1.54, 1.807) is 11.3 Å². The normalized spacial score (nSPS) is 16.2. The van der Waals surface area contributed by atoms with Gasteiger partial charge in [-0.3, -0.25) is 14.6 Å². The largest absolute Gasteiger partial charge is 0.368 e. The molecule has 3 aromatic rings. The van der Waals surface area contributed by atoms with Crippen LogP contribution in [0.25, 0.3) is 10.1 Å². The summed E-state index contributed by atoms with van der Waals surface area (Å²) in [4.78, 5) is 24.4. The molecule has 0 spiro atoms. The van der Waals surface area contributed by atoms with E-state index in [0.717, 1.165) is 12.1 Å². The van der Waals surface area contributed by atoms with E-state index in [-0.39, 0.29) is 12.3 Å². The Hall–Kier alpha value is -3.19. The van der Waals surface area contributed by atoms with Crippen molar-refractivity contribution in [3.8, 4) is 0 Å². The van der Waals surface area contributed by atoms with Crippen LogP contribution in [-0.2, 0) is 16.0 Å². The van der Waals surface area contributed by atoms with E-state index in [4.69, 9.17) is 5.73 Å². The SMILES string of the molecule is NC(=O)C1CC(C(=O)NCCc2csc3ccccc23)=NN1c1ccccc1. The highest BCUT2D eigenvalue weighted by Gasteiger charge is 2.34. The van der Waals surface area contributed by atoms with Gasteiger partial charge in [0.25, 0.3) is 5.91 Å². The highest BCUT2D eigenvalue weighted by Crippen LogP contribution is 2.26. The van der Waals surface area contributed by atoms with E-state index in [1.807, 2.05) is 42.5 Å². The number of benzene rings is 2. The van der Waals surface area contributed by atoms with Gasteiger partial charge < -0.3 is 11.1 Å². The number of carbonyl (C=O) groups excluding carboxylic acids is 2. The van der Waals surface area contributed by atoms with E-state index < -0.39 is 11.9 Å². The Morgan fingerprint density at radius 2 is 1.89 bits per heavy atom. The summed E-state index contributed by atoms with van der Waals surface area (Å²) in [5.41, 5.74) is 7.80. The monoisotopic (exact) mass is 392 g/mol. The Kier molecular flexibility index (Phi) is 5.08. The number of nitrogens with zero attached hydrogens (tertiary/aromatic N) is 2. The number of rotatable bonds is 6. The predicted molar refractivity (Wildman–Crippen MR) is 112 cm³/mol. The fourth-order valence-electron chi connectivity index (χ4n) is 3.33. The number of carbonyl (C=O) groups is 2. The molecule has 0 radical (unpaired) electrons. The van der Waals surface area contributed by atoms with Crippen molar-refractivity contribution in [3.63, 3.8) is 0 Å². The molecule has 1 aromatic heterocycles. The molecule has 142 valence electrons. The lowest BCUT2D eigenvalue weighted by atomic mass is 10.1. The van der Waals surface area contributed by atoms with E-state index in [9.17, 15) is 9.59 Å². The lowest BCUT2D eigenvalue weighted by Gasteiger charge is -2.20. The zero-order valence-corrected chi connectivity index (χ0v) is 16.0. The second-order valence-electron chi connectivity index (χ2n) is 6.61. The third-order valence-electron chi connectivity index (χ3n) is 4.76.